The van der Waals surface area contributed by atoms with Gasteiger partial charge in [-0.2, -0.15) is 5.10 Å². The van der Waals surface area contributed by atoms with Gasteiger partial charge in [0.1, 0.15) is 0 Å². The lowest BCUT2D eigenvalue weighted by Crippen LogP contribution is -2.30. The third kappa shape index (κ3) is 6.37. The van der Waals surface area contributed by atoms with Crippen LogP contribution in [0.15, 0.2) is 96.1 Å². The molecule has 0 heterocycles. The molecule has 2 amide bonds. The van der Waals surface area contributed by atoms with E-state index in [1.54, 1.807) is 6.92 Å². The molecule has 1 unspecified atom stereocenters. The molecule has 5 nitrogen and oxygen atoms in total. The monoisotopic (exact) mass is 413 g/mol. The second kappa shape index (κ2) is 10.9. The molecule has 0 aliphatic heterocycles. The van der Waals surface area contributed by atoms with Crippen molar-refractivity contribution in [3.8, 4) is 0 Å². The first-order valence-corrected chi connectivity index (χ1v) is 10.3. The summed E-state index contributed by atoms with van der Waals surface area (Å²) in [4.78, 5) is 25.3. The SMILES string of the molecule is CC(CC(=O)NC(C)c1ccccc1)=NNC(=O)C(c1ccccc1)c1ccccc1. The molecule has 0 radical (unpaired) electrons. The van der Waals surface area contributed by atoms with Gasteiger partial charge in [-0.1, -0.05) is 91.0 Å². The summed E-state index contributed by atoms with van der Waals surface area (Å²) in [6.45, 7) is 3.67. The van der Waals surface area contributed by atoms with Crippen LogP contribution in [0.4, 0.5) is 0 Å². The van der Waals surface area contributed by atoms with E-state index in [2.05, 4.69) is 15.8 Å². The summed E-state index contributed by atoms with van der Waals surface area (Å²) in [7, 11) is 0. The molecule has 3 rings (SSSR count). The molecular formula is C26H27N3O2. The number of hydrogen-bond donors (Lipinski definition) is 2. The van der Waals surface area contributed by atoms with Gasteiger partial charge < -0.3 is 5.32 Å². The van der Waals surface area contributed by atoms with Crippen LogP contribution in [0.5, 0.6) is 0 Å². The average Bonchev–Trinajstić information content (AvgIpc) is 2.80. The van der Waals surface area contributed by atoms with Gasteiger partial charge in [-0.3, -0.25) is 9.59 Å². The summed E-state index contributed by atoms with van der Waals surface area (Å²) in [5.41, 5.74) is 5.97. The Bertz CT molecular complexity index is 979. The first-order chi connectivity index (χ1) is 15.0. The molecule has 5 heteroatoms. The van der Waals surface area contributed by atoms with Crippen LogP contribution in [0.3, 0.4) is 0 Å². The van der Waals surface area contributed by atoms with E-state index in [9.17, 15) is 9.59 Å². The Balaban J connectivity index is 1.63. The van der Waals surface area contributed by atoms with Crippen molar-refractivity contribution in [2.45, 2.75) is 32.2 Å². The molecule has 1 atom stereocenters. The van der Waals surface area contributed by atoms with Crippen molar-refractivity contribution in [1.82, 2.24) is 10.7 Å². The lowest BCUT2D eigenvalue weighted by atomic mass is 9.91. The summed E-state index contributed by atoms with van der Waals surface area (Å²) in [5, 5.41) is 7.13. The minimum Gasteiger partial charge on any atom is -0.349 e. The predicted octanol–water partition coefficient (Wildman–Crippen LogP) is 4.58. The predicted molar refractivity (Wildman–Crippen MR) is 124 cm³/mol. The molecule has 0 fully saturated rings. The maximum absolute atomic E-state index is 13.0. The molecular weight excluding hydrogens is 386 g/mol. The van der Waals surface area contributed by atoms with Crippen molar-refractivity contribution in [3.05, 3.63) is 108 Å². The third-order valence-corrected chi connectivity index (χ3v) is 4.98. The minimum atomic E-state index is -0.481. The molecule has 3 aromatic carbocycles. The second-order valence-corrected chi connectivity index (χ2v) is 7.45. The van der Waals surface area contributed by atoms with Crippen LogP contribution in [-0.4, -0.2) is 17.5 Å². The van der Waals surface area contributed by atoms with Gasteiger partial charge in [0, 0.05) is 5.71 Å². The Morgan fingerprint density at radius 1 is 0.774 bits per heavy atom. The molecule has 0 spiro atoms. The topological polar surface area (TPSA) is 70.6 Å². The fourth-order valence-electron chi connectivity index (χ4n) is 3.39. The van der Waals surface area contributed by atoms with E-state index in [-0.39, 0.29) is 24.3 Å². The first kappa shape index (κ1) is 22.0. The van der Waals surface area contributed by atoms with Gasteiger partial charge in [0.05, 0.1) is 18.4 Å². The standard InChI is InChI=1S/C26H27N3O2/c1-19(18-24(30)27-20(2)21-12-6-3-7-13-21)28-29-26(31)25(22-14-8-4-9-15-22)23-16-10-5-11-17-23/h3-17,20,25H,18H2,1-2H3,(H,27,30)(H,29,31). The highest BCUT2D eigenvalue weighted by Crippen LogP contribution is 2.24. The maximum Gasteiger partial charge on any atom is 0.252 e. The summed E-state index contributed by atoms with van der Waals surface area (Å²) >= 11 is 0. The number of nitrogens with one attached hydrogen (secondary N) is 2. The van der Waals surface area contributed by atoms with E-state index >= 15 is 0 Å². The van der Waals surface area contributed by atoms with E-state index in [1.807, 2.05) is 97.9 Å². The van der Waals surface area contributed by atoms with Gasteiger partial charge >= 0.3 is 0 Å². The molecule has 158 valence electrons. The van der Waals surface area contributed by atoms with Crippen molar-refractivity contribution in [2.24, 2.45) is 5.10 Å². The Hall–Kier alpha value is -3.73. The Morgan fingerprint density at radius 3 is 1.71 bits per heavy atom. The van der Waals surface area contributed by atoms with Crippen LogP contribution in [0, 0.1) is 0 Å². The maximum atomic E-state index is 13.0. The number of rotatable bonds is 8. The highest BCUT2D eigenvalue weighted by atomic mass is 16.2. The van der Waals surface area contributed by atoms with Crippen LogP contribution in [-0.2, 0) is 9.59 Å². The van der Waals surface area contributed by atoms with Gasteiger partial charge in [0.2, 0.25) is 5.91 Å². The zero-order valence-electron chi connectivity index (χ0n) is 17.8. The van der Waals surface area contributed by atoms with E-state index in [0.717, 1.165) is 16.7 Å². The van der Waals surface area contributed by atoms with Crippen molar-refractivity contribution in [2.75, 3.05) is 0 Å². The summed E-state index contributed by atoms with van der Waals surface area (Å²) in [6.07, 6.45) is 0.110. The highest BCUT2D eigenvalue weighted by Gasteiger charge is 2.22. The summed E-state index contributed by atoms with van der Waals surface area (Å²) < 4.78 is 0. The largest absolute Gasteiger partial charge is 0.349 e. The number of amides is 2. The third-order valence-electron chi connectivity index (χ3n) is 4.98. The van der Waals surface area contributed by atoms with E-state index in [0.29, 0.717) is 5.71 Å². The Morgan fingerprint density at radius 2 is 1.23 bits per heavy atom. The zero-order valence-corrected chi connectivity index (χ0v) is 17.8. The summed E-state index contributed by atoms with van der Waals surface area (Å²) in [5.74, 6) is -0.866. The van der Waals surface area contributed by atoms with Crippen LogP contribution in [0.1, 0.15) is 48.9 Å². The normalized spacial score (nSPS) is 12.3. The Labute approximate surface area is 183 Å². The second-order valence-electron chi connectivity index (χ2n) is 7.45. The average molecular weight is 414 g/mol. The van der Waals surface area contributed by atoms with Crippen molar-refractivity contribution in [1.29, 1.82) is 0 Å². The number of nitrogens with zero attached hydrogens (tertiary/aromatic N) is 1. The van der Waals surface area contributed by atoms with Gasteiger partial charge in [0.15, 0.2) is 0 Å². The molecule has 31 heavy (non-hydrogen) atoms. The van der Waals surface area contributed by atoms with Crippen LogP contribution in [0.2, 0.25) is 0 Å². The lowest BCUT2D eigenvalue weighted by Gasteiger charge is -2.17. The molecule has 0 aliphatic rings. The van der Waals surface area contributed by atoms with Crippen molar-refractivity contribution >= 4 is 17.5 Å². The smallest absolute Gasteiger partial charge is 0.252 e. The molecule has 0 saturated heterocycles. The van der Waals surface area contributed by atoms with Gasteiger partial charge in [-0.25, -0.2) is 5.43 Å². The van der Waals surface area contributed by atoms with Crippen molar-refractivity contribution < 1.29 is 9.59 Å². The number of carbonyl (C=O) groups excluding carboxylic acids is 2. The minimum absolute atomic E-state index is 0.100. The molecule has 0 bridgehead atoms. The van der Waals surface area contributed by atoms with Gasteiger partial charge in [-0.15, -0.1) is 0 Å². The van der Waals surface area contributed by atoms with Crippen molar-refractivity contribution in [3.63, 3.8) is 0 Å². The Kier molecular flexibility index (Phi) is 7.71. The van der Waals surface area contributed by atoms with Crippen LogP contribution < -0.4 is 10.7 Å². The lowest BCUT2D eigenvalue weighted by molar-refractivity contribution is -0.122. The van der Waals surface area contributed by atoms with E-state index < -0.39 is 5.92 Å². The molecule has 2 N–H and O–H groups in total. The molecule has 0 aromatic heterocycles. The van der Waals surface area contributed by atoms with Crippen LogP contribution in [0.25, 0.3) is 0 Å². The van der Waals surface area contributed by atoms with Gasteiger partial charge in [-0.05, 0) is 30.5 Å². The quantitative estimate of drug-likeness (QED) is 0.419. The zero-order chi connectivity index (χ0) is 22.1. The van der Waals surface area contributed by atoms with Gasteiger partial charge in [0.25, 0.3) is 5.91 Å². The highest BCUT2D eigenvalue weighted by molar-refractivity contribution is 6.00. The fourth-order valence-corrected chi connectivity index (χ4v) is 3.39. The number of hydrogen-bond acceptors (Lipinski definition) is 3. The number of hydrazone groups is 1. The molecule has 0 saturated carbocycles. The molecule has 0 aliphatic carbocycles. The van der Waals surface area contributed by atoms with Crippen LogP contribution >= 0.6 is 0 Å². The van der Waals surface area contributed by atoms with E-state index in [1.165, 1.54) is 0 Å². The summed E-state index contributed by atoms with van der Waals surface area (Å²) in [6, 6.07) is 28.8. The first-order valence-electron chi connectivity index (χ1n) is 10.3. The van der Waals surface area contributed by atoms with E-state index in [4.69, 9.17) is 0 Å². The number of benzene rings is 3. The molecule has 3 aromatic rings. The number of carbonyl (C=O) groups is 2. The fraction of sp³-hybridized carbons (Fsp3) is 0.192.